The average molecular weight is 227 g/mol. The molecule has 1 heterocycles. The van der Waals surface area contributed by atoms with Gasteiger partial charge in [0.25, 0.3) is 0 Å². The molecule has 0 aromatic carbocycles. The monoisotopic (exact) mass is 227 g/mol. The zero-order chi connectivity index (χ0) is 11.8. The molecule has 16 heavy (non-hydrogen) atoms. The van der Waals surface area contributed by atoms with Gasteiger partial charge in [-0.2, -0.15) is 0 Å². The van der Waals surface area contributed by atoms with Gasteiger partial charge >= 0.3 is 0 Å². The second kappa shape index (κ2) is 7.63. The summed E-state index contributed by atoms with van der Waals surface area (Å²) in [7, 11) is 0. The van der Waals surface area contributed by atoms with Gasteiger partial charge in [0.1, 0.15) is 0 Å². The van der Waals surface area contributed by atoms with Crippen molar-refractivity contribution in [2.45, 2.75) is 26.7 Å². The molecule has 4 nitrogen and oxygen atoms in total. The minimum Gasteiger partial charge on any atom is -0.355 e. The Morgan fingerprint density at radius 2 is 1.94 bits per heavy atom. The van der Waals surface area contributed by atoms with Crippen LogP contribution in [0.25, 0.3) is 0 Å². The molecule has 0 aromatic heterocycles. The third-order valence-corrected chi connectivity index (χ3v) is 3.32. The van der Waals surface area contributed by atoms with E-state index in [1.165, 1.54) is 0 Å². The lowest BCUT2D eigenvalue weighted by Gasteiger charge is -2.26. The van der Waals surface area contributed by atoms with Gasteiger partial charge in [-0.1, -0.05) is 26.7 Å². The largest absolute Gasteiger partial charge is 0.355 e. The maximum atomic E-state index is 11.7. The molecule has 0 radical (unpaired) electrons. The van der Waals surface area contributed by atoms with Crippen LogP contribution in [0.5, 0.6) is 0 Å². The van der Waals surface area contributed by atoms with Gasteiger partial charge in [0.05, 0.1) is 6.54 Å². The van der Waals surface area contributed by atoms with Crippen LogP contribution in [0, 0.1) is 5.92 Å². The molecule has 1 rings (SSSR count). The third-order valence-electron chi connectivity index (χ3n) is 3.32. The Kier molecular flexibility index (Phi) is 6.42. The van der Waals surface area contributed by atoms with E-state index in [1.54, 1.807) is 0 Å². The van der Waals surface area contributed by atoms with Crippen molar-refractivity contribution in [2.24, 2.45) is 5.92 Å². The van der Waals surface area contributed by atoms with Crippen molar-refractivity contribution in [3.8, 4) is 0 Å². The van der Waals surface area contributed by atoms with Crippen LogP contribution >= 0.6 is 0 Å². The lowest BCUT2D eigenvalue weighted by molar-refractivity contribution is -0.122. The van der Waals surface area contributed by atoms with E-state index in [9.17, 15) is 4.79 Å². The van der Waals surface area contributed by atoms with Crippen molar-refractivity contribution < 1.29 is 4.79 Å². The highest BCUT2D eigenvalue weighted by atomic mass is 16.2. The molecule has 1 aliphatic heterocycles. The minimum atomic E-state index is 0.175. The summed E-state index contributed by atoms with van der Waals surface area (Å²) in [5.74, 6) is 0.806. The predicted molar refractivity (Wildman–Crippen MR) is 66.4 cm³/mol. The van der Waals surface area contributed by atoms with Crippen LogP contribution in [0.3, 0.4) is 0 Å². The van der Waals surface area contributed by atoms with E-state index in [-0.39, 0.29) is 5.91 Å². The molecular weight excluding hydrogens is 202 g/mol. The molecule has 1 aliphatic rings. The van der Waals surface area contributed by atoms with Crippen molar-refractivity contribution in [3.05, 3.63) is 0 Å². The maximum Gasteiger partial charge on any atom is 0.234 e. The molecule has 0 unspecified atom stereocenters. The molecular formula is C12H25N3O. The molecule has 0 aliphatic carbocycles. The first-order chi connectivity index (χ1) is 7.76. The molecule has 2 N–H and O–H groups in total. The van der Waals surface area contributed by atoms with Crippen LogP contribution in [0.4, 0.5) is 0 Å². The topological polar surface area (TPSA) is 44.4 Å². The van der Waals surface area contributed by atoms with Gasteiger partial charge in [-0.15, -0.1) is 0 Å². The molecule has 0 atom stereocenters. The number of piperazine rings is 1. The van der Waals surface area contributed by atoms with Crippen molar-refractivity contribution >= 4 is 5.91 Å². The molecule has 94 valence electrons. The summed E-state index contributed by atoms with van der Waals surface area (Å²) in [5.41, 5.74) is 0. The minimum absolute atomic E-state index is 0.175. The number of carbonyl (C=O) groups is 1. The van der Waals surface area contributed by atoms with E-state index in [4.69, 9.17) is 0 Å². The highest BCUT2D eigenvalue weighted by Gasteiger charge is 2.13. The Hall–Kier alpha value is -0.610. The van der Waals surface area contributed by atoms with Crippen LogP contribution < -0.4 is 10.6 Å². The first kappa shape index (κ1) is 13.5. The van der Waals surface area contributed by atoms with Gasteiger partial charge in [-0.3, -0.25) is 9.69 Å². The average Bonchev–Trinajstić information content (AvgIpc) is 2.31. The fraction of sp³-hybridized carbons (Fsp3) is 0.917. The number of carbonyl (C=O) groups excluding carboxylic acids is 1. The van der Waals surface area contributed by atoms with Crippen molar-refractivity contribution in [2.75, 3.05) is 39.3 Å². The summed E-state index contributed by atoms with van der Waals surface area (Å²) in [6.07, 6.45) is 2.29. The molecule has 1 fully saturated rings. The van der Waals surface area contributed by atoms with Crippen molar-refractivity contribution in [3.63, 3.8) is 0 Å². The highest BCUT2D eigenvalue weighted by molar-refractivity contribution is 5.78. The third kappa shape index (κ3) is 4.94. The second-order valence-electron chi connectivity index (χ2n) is 4.51. The predicted octanol–water partition coefficient (Wildman–Crippen LogP) is 0.444. The van der Waals surface area contributed by atoms with Crippen molar-refractivity contribution in [1.29, 1.82) is 0 Å². The summed E-state index contributed by atoms with van der Waals surface area (Å²) in [4.78, 5) is 13.9. The summed E-state index contributed by atoms with van der Waals surface area (Å²) in [6.45, 7) is 9.71. The van der Waals surface area contributed by atoms with Crippen LogP contribution in [0.15, 0.2) is 0 Å². The Morgan fingerprint density at radius 1 is 1.31 bits per heavy atom. The number of hydrogen-bond donors (Lipinski definition) is 2. The lowest BCUT2D eigenvalue weighted by Crippen LogP contribution is -2.48. The summed E-state index contributed by atoms with van der Waals surface area (Å²) < 4.78 is 0. The van der Waals surface area contributed by atoms with E-state index in [0.717, 1.165) is 45.6 Å². The molecule has 0 bridgehead atoms. The molecule has 0 saturated carbocycles. The molecule has 0 aromatic rings. The number of hydrogen-bond acceptors (Lipinski definition) is 3. The number of nitrogens with zero attached hydrogens (tertiary/aromatic N) is 1. The second-order valence-corrected chi connectivity index (χ2v) is 4.51. The van der Waals surface area contributed by atoms with Crippen LogP contribution in [0.1, 0.15) is 26.7 Å². The number of rotatable bonds is 6. The fourth-order valence-corrected chi connectivity index (χ4v) is 1.96. The SMILES string of the molecule is CCC(CC)CNC(=O)CN1CCNCC1. The quantitative estimate of drug-likeness (QED) is 0.692. The van der Waals surface area contributed by atoms with E-state index in [2.05, 4.69) is 29.4 Å². The Morgan fingerprint density at radius 3 is 2.50 bits per heavy atom. The van der Waals surface area contributed by atoms with E-state index >= 15 is 0 Å². The molecule has 1 amide bonds. The zero-order valence-corrected chi connectivity index (χ0v) is 10.6. The van der Waals surface area contributed by atoms with Gasteiger partial charge in [0.2, 0.25) is 5.91 Å². The smallest absolute Gasteiger partial charge is 0.234 e. The highest BCUT2D eigenvalue weighted by Crippen LogP contribution is 2.04. The summed E-state index contributed by atoms with van der Waals surface area (Å²) in [6, 6.07) is 0. The van der Waals surface area contributed by atoms with Crippen LogP contribution in [-0.4, -0.2) is 50.1 Å². The van der Waals surface area contributed by atoms with Gasteiger partial charge in [0, 0.05) is 32.7 Å². The zero-order valence-electron chi connectivity index (χ0n) is 10.6. The Balaban J connectivity index is 2.14. The molecule has 0 spiro atoms. The van der Waals surface area contributed by atoms with E-state index in [0.29, 0.717) is 12.5 Å². The van der Waals surface area contributed by atoms with E-state index < -0.39 is 0 Å². The first-order valence-electron chi connectivity index (χ1n) is 6.46. The Labute approximate surface area is 98.8 Å². The van der Waals surface area contributed by atoms with Crippen LogP contribution in [-0.2, 0) is 4.79 Å². The summed E-state index contributed by atoms with van der Waals surface area (Å²) >= 11 is 0. The van der Waals surface area contributed by atoms with Gasteiger partial charge < -0.3 is 10.6 Å². The lowest BCUT2D eigenvalue weighted by atomic mass is 10.0. The maximum absolute atomic E-state index is 11.7. The van der Waals surface area contributed by atoms with Gasteiger partial charge in [-0.05, 0) is 5.92 Å². The van der Waals surface area contributed by atoms with Gasteiger partial charge in [0.15, 0.2) is 0 Å². The fourth-order valence-electron chi connectivity index (χ4n) is 1.96. The van der Waals surface area contributed by atoms with Crippen LogP contribution in [0.2, 0.25) is 0 Å². The Bertz CT molecular complexity index is 198. The molecule has 1 saturated heterocycles. The first-order valence-corrected chi connectivity index (χ1v) is 6.46. The van der Waals surface area contributed by atoms with Gasteiger partial charge in [-0.25, -0.2) is 0 Å². The molecule has 4 heteroatoms. The summed E-state index contributed by atoms with van der Waals surface area (Å²) in [5, 5.41) is 6.31. The van der Waals surface area contributed by atoms with E-state index in [1.807, 2.05) is 0 Å². The normalized spacial score (nSPS) is 17.7. The van der Waals surface area contributed by atoms with Crippen molar-refractivity contribution in [1.82, 2.24) is 15.5 Å². The number of nitrogens with one attached hydrogen (secondary N) is 2. The standard InChI is InChI=1S/C12H25N3O/c1-3-11(4-2)9-14-12(16)10-15-7-5-13-6-8-15/h11,13H,3-10H2,1-2H3,(H,14,16). The number of amides is 1.